The van der Waals surface area contributed by atoms with Gasteiger partial charge in [0.15, 0.2) is 0 Å². The van der Waals surface area contributed by atoms with Crippen LogP contribution in [0.5, 0.6) is 0 Å². The standard InChI is InChI=1S/C27H22ClN3O2S/c1-17-7-11-20(12-8-17)30-25(32)22(16-29)27-31(21-13-9-18(2)10-14-21)26(33)24(34-27)15-19-5-3-4-6-23(19)28/h3-14,24H,15H2,1-2H3,(H,30,32)/b27-22-. The van der Waals surface area contributed by atoms with Gasteiger partial charge in [0.25, 0.3) is 5.91 Å². The van der Waals surface area contributed by atoms with Crippen LogP contribution < -0.4 is 10.2 Å². The van der Waals surface area contributed by atoms with Gasteiger partial charge in [-0.2, -0.15) is 5.26 Å². The molecule has 7 heteroatoms. The van der Waals surface area contributed by atoms with E-state index in [9.17, 15) is 14.9 Å². The van der Waals surface area contributed by atoms with E-state index in [-0.39, 0.29) is 11.5 Å². The van der Waals surface area contributed by atoms with Crippen molar-refractivity contribution in [2.45, 2.75) is 25.5 Å². The van der Waals surface area contributed by atoms with E-state index < -0.39 is 11.2 Å². The third-order valence-corrected chi connectivity index (χ3v) is 7.10. The summed E-state index contributed by atoms with van der Waals surface area (Å²) in [6, 6.07) is 24.1. The van der Waals surface area contributed by atoms with Crippen molar-refractivity contribution in [3.8, 4) is 6.07 Å². The normalized spacial score (nSPS) is 16.8. The van der Waals surface area contributed by atoms with Crippen molar-refractivity contribution in [2.24, 2.45) is 0 Å². The molecule has 1 aliphatic rings. The van der Waals surface area contributed by atoms with Crippen LogP contribution >= 0.6 is 23.4 Å². The lowest BCUT2D eigenvalue weighted by Gasteiger charge is -2.19. The second kappa shape index (κ2) is 10.2. The van der Waals surface area contributed by atoms with Gasteiger partial charge < -0.3 is 5.32 Å². The fraction of sp³-hybridized carbons (Fsp3) is 0.148. The van der Waals surface area contributed by atoms with E-state index >= 15 is 0 Å². The second-order valence-electron chi connectivity index (χ2n) is 8.02. The Labute approximate surface area is 208 Å². The van der Waals surface area contributed by atoms with E-state index in [2.05, 4.69) is 5.32 Å². The molecule has 170 valence electrons. The van der Waals surface area contributed by atoms with Gasteiger partial charge in [-0.05, 0) is 56.2 Å². The van der Waals surface area contributed by atoms with Crippen LogP contribution in [0.1, 0.15) is 16.7 Å². The van der Waals surface area contributed by atoms with Gasteiger partial charge in [-0.1, -0.05) is 77.0 Å². The first-order valence-electron chi connectivity index (χ1n) is 10.7. The average Bonchev–Trinajstić information content (AvgIpc) is 3.13. The Morgan fingerprint density at radius 2 is 1.65 bits per heavy atom. The van der Waals surface area contributed by atoms with Crippen LogP contribution in [0.25, 0.3) is 0 Å². The highest BCUT2D eigenvalue weighted by molar-refractivity contribution is 8.05. The summed E-state index contributed by atoms with van der Waals surface area (Å²) >= 11 is 7.55. The van der Waals surface area contributed by atoms with Gasteiger partial charge in [0, 0.05) is 16.4 Å². The highest BCUT2D eigenvalue weighted by atomic mass is 35.5. The zero-order valence-corrected chi connectivity index (χ0v) is 20.3. The molecule has 0 aromatic heterocycles. The molecule has 1 unspecified atom stereocenters. The van der Waals surface area contributed by atoms with Crippen molar-refractivity contribution in [1.82, 2.24) is 0 Å². The molecule has 1 aliphatic heterocycles. The summed E-state index contributed by atoms with van der Waals surface area (Å²) in [5, 5.41) is 13.1. The second-order valence-corrected chi connectivity index (χ2v) is 9.62. The zero-order chi connectivity index (χ0) is 24.2. The average molecular weight is 488 g/mol. The van der Waals surface area contributed by atoms with Crippen molar-refractivity contribution in [2.75, 3.05) is 10.2 Å². The number of rotatable bonds is 5. The molecule has 1 N–H and O–H groups in total. The molecule has 3 aromatic rings. The van der Waals surface area contributed by atoms with Crippen molar-refractivity contribution < 1.29 is 9.59 Å². The Morgan fingerprint density at radius 3 is 2.26 bits per heavy atom. The number of halogens is 1. The van der Waals surface area contributed by atoms with Crippen LogP contribution in [0.2, 0.25) is 5.02 Å². The first kappa shape index (κ1) is 23.6. The number of carbonyl (C=O) groups is 2. The van der Waals surface area contributed by atoms with Crippen molar-refractivity contribution in [1.29, 1.82) is 5.26 Å². The number of hydrogen-bond acceptors (Lipinski definition) is 4. The molecule has 4 rings (SSSR count). The van der Waals surface area contributed by atoms with Gasteiger partial charge >= 0.3 is 0 Å². The highest BCUT2D eigenvalue weighted by Crippen LogP contribution is 2.42. The van der Waals surface area contributed by atoms with Crippen LogP contribution in [-0.2, 0) is 16.0 Å². The van der Waals surface area contributed by atoms with Crippen LogP contribution in [0, 0.1) is 25.2 Å². The first-order chi connectivity index (χ1) is 16.4. The van der Waals surface area contributed by atoms with Crippen molar-refractivity contribution in [3.05, 3.63) is 105 Å². The lowest BCUT2D eigenvalue weighted by molar-refractivity contribution is -0.117. The molecule has 0 saturated carbocycles. The molecule has 0 radical (unpaired) electrons. The van der Waals surface area contributed by atoms with Crippen LogP contribution in [0.3, 0.4) is 0 Å². The van der Waals surface area contributed by atoms with E-state index in [0.29, 0.717) is 27.8 Å². The van der Waals surface area contributed by atoms with Crippen LogP contribution in [-0.4, -0.2) is 17.1 Å². The molecule has 3 aromatic carbocycles. The smallest absolute Gasteiger partial charge is 0.269 e. The lowest BCUT2D eigenvalue weighted by atomic mass is 10.1. The number of aryl methyl sites for hydroxylation is 2. The molecule has 1 heterocycles. The Bertz CT molecular complexity index is 1310. The van der Waals surface area contributed by atoms with Gasteiger partial charge in [-0.15, -0.1) is 0 Å². The minimum Gasteiger partial charge on any atom is -0.321 e. The maximum absolute atomic E-state index is 13.5. The molecular formula is C27H22ClN3O2S. The van der Waals surface area contributed by atoms with Crippen molar-refractivity contribution >= 4 is 46.6 Å². The van der Waals surface area contributed by atoms with E-state index in [1.165, 1.54) is 16.7 Å². The van der Waals surface area contributed by atoms with Gasteiger partial charge in [-0.25, -0.2) is 0 Å². The van der Waals surface area contributed by atoms with Gasteiger partial charge in [0.2, 0.25) is 5.91 Å². The maximum Gasteiger partial charge on any atom is 0.269 e. The molecule has 0 aliphatic carbocycles. The van der Waals surface area contributed by atoms with Gasteiger partial charge in [-0.3, -0.25) is 14.5 Å². The largest absolute Gasteiger partial charge is 0.321 e. The summed E-state index contributed by atoms with van der Waals surface area (Å²) in [6.07, 6.45) is 0.382. The first-order valence-corrected chi connectivity index (χ1v) is 12.0. The third-order valence-electron chi connectivity index (χ3n) is 5.47. The Morgan fingerprint density at radius 1 is 1.03 bits per heavy atom. The van der Waals surface area contributed by atoms with E-state index in [0.717, 1.165) is 16.7 Å². The molecule has 1 atom stereocenters. The number of thioether (sulfide) groups is 1. The molecule has 2 amide bonds. The molecule has 1 fully saturated rings. The number of nitrogens with zero attached hydrogens (tertiary/aromatic N) is 2. The number of hydrogen-bond donors (Lipinski definition) is 1. The Balaban J connectivity index is 1.73. The Kier molecular flexibility index (Phi) is 7.06. The van der Waals surface area contributed by atoms with Gasteiger partial charge in [0.1, 0.15) is 16.7 Å². The monoisotopic (exact) mass is 487 g/mol. The van der Waals surface area contributed by atoms with E-state index in [4.69, 9.17) is 11.6 Å². The predicted octanol–water partition coefficient (Wildman–Crippen LogP) is 6.02. The summed E-state index contributed by atoms with van der Waals surface area (Å²) in [4.78, 5) is 28.1. The molecule has 5 nitrogen and oxygen atoms in total. The summed E-state index contributed by atoms with van der Waals surface area (Å²) in [5.74, 6) is -0.753. The van der Waals surface area contributed by atoms with Crippen molar-refractivity contribution in [3.63, 3.8) is 0 Å². The quantitative estimate of drug-likeness (QED) is 0.352. The molecular weight excluding hydrogens is 466 g/mol. The number of nitrogens with one attached hydrogen (secondary N) is 1. The highest BCUT2D eigenvalue weighted by Gasteiger charge is 2.41. The minimum atomic E-state index is -0.558. The number of carbonyl (C=O) groups excluding carboxylic acids is 2. The van der Waals surface area contributed by atoms with Crippen LogP contribution in [0.15, 0.2) is 83.4 Å². The number of benzene rings is 3. The van der Waals surface area contributed by atoms with Crippen LogP contribution in [0.4, 0.5) is 11.4 Å². The summed E-state index contributed by atoms with van der Waals surface area (Å²) in [6.45, 7) is 3.91. The minimum absolute atomic E-state index is 0.110. The van der Waals surface area contributed by atoms with E-state index in [1.807, 2.05) is 74.5 Å². The molecule has 1 saturated heterocycles. The van der Waals surface area contributed by atoms with Gasteiger partial charge in [0.05, 0.1) is 5.25 Å². The summed E-state index contributed by atoms with van der Waals surface area (Å²) < 4.78 is 0. The molecule has 34 heavy (non-hydrogen) atoms. The lowest BCUT2D eigenvalue weighted by Crippen LogP contribution is -2.31. The third kappa shape index (κ3) is 5.01. The van der Waals surface area contributed by atoms with E-state index in [1.54, 1.807) is 18.2 Å². The fourth-order valence-electron chi connectivity index (χ4n) is 3.61. The topological polar surface area (TPSA) is 73.2 Å². The maximum atomic E-state index is 13.5. The SMILES string of the molecule is Cc1ccc(NC(=O)/C(C#N)=C2\SC(Cc3ccccc3Cl)C(=O)N2c2ccc(C)cc2)cc1. The summed E-state index contributed by atoms with van der Waals surface area (Å²) in [5.41, 5.74) is 4.01. The molecule has 0 bridgehead atoms. The molecule has 0 spiro atoms. The predicted molar refractivity (Wildman–Crippen MR) is 138 cm³/mol. The fourth-order valence-corrected chi connectivity index (χ4v) is 5.12. The number of nitriles is 1. The number of amides is 2. The Hall–Kier alpha value is -3.53. The summed E-state index contributed by atoms with van der Waals surface area (Å²) in [7, 11) is 0. The number of anilines is 2. The zero-order valence-electron chi connectivity index (χ0n) is 18.7.